The summed E-state index contributed by atoms with van der Waals surface area (Å²) in [5.74, 6) is 0. The molecular formula is C59H84. The second-order valence-electron chi connectivity index (χ2n) is 10.9. The minimum Gasteiger partial charge on any atom is -0.0683 e. The average Bonchev–Trinajstić information content (AvgIpc) is 3.36. The van der Waals surface area contributed by atoms with Gasteiger partial charge in [0.05, 0.1) is 0 Å². The molecule has 0 aromatic heterocycles. The van der Waals surface area contributed by atoms with Crippen LogP contribution in [-0.4, -0.2) is 0 Å². The highest BCUT2D eigenvalue weighted by atomic mass is 14.0. The SMILES string of the molecule is CC.CC.CC.CC.CC.CC.CC.Cc1ccc(-c2ccccc2)cc1.Cc1cccc(-c2ccccc2)c1.Cc1ccccc1.c1ccc(-c2ccccc2)cc1. The molecule has 0 saturated heterocycles. The van der Waals surface area contributed by atoms with Crippen molar-refractivity contribution in [3.63, 3.8) is 0 Å². The molecule has 0 aliphatic rings. The molecule has 0 radical (unpaired) electrons. The molecule has 0 atom stereocenters. The van der Waals surface area contributed by atoms with Crippen LogP contribution in [0.4, 0.5) is 0 Å². The number of hydrogen-bond acceptors (Lipinski definition) is 0. The Balaban J connectivity index is -0.000000314. The van der Waals surface area contributed by atoms with Gasteiger partial charge in [-0.25, -0.2) is 0 Å². The van der Waals surface area contributed by atoms with E-state index in [-0.39, 0.29) is 0 Å². The first-order chi connectivity index (χ1) is 29.1. The summed E-state index contributed by atoms with van der Waals surface area (Å²) >= 11 is 0. The lowest BCUT2D eigenvalue weighted by molar-refractivity contribution is 1.47. The van der Waals surface area contributed by atoms with Crippen LogP contribution in [0.1, 0.15) is 114 Å². The van der Waals surface area contributed by atoms with Gasteiger partial charge in [-0.1, -0.05) is 314 Å². The van der Waals surface area contributed by atoms with Crippen molar-refractivity contribution >= 4 is 0 Å². The third-order valence-electron chi connectivity index (χ3n) is 7.11. The fourth-order valence-electron chi connectivity index (χ4n) is 4.63. The molecule has 0 amide bonds. The summed E-state index contributed by atoms with van der Waals surface area (Å²) in [6, 6.07) is 69.1. The fraction of sp³-hybridized carbons (Fsp3) is 0.288. The average molecular weight is 793 g/mol. The van der Waals surface area contributed by atoms with E-state index in [1.807, 2.05) is 139 Å². The molecule has 0 fully saturated rings. The molecule has 0 saturated carbocycles. The normalized spacial score (nSPS) is 8.08. The van der Waals surface area contributed by atoms with Gasteiger partial charge < -0.3 is 0 Å². The standard InChI is InChI=1S/2C13H12.C12H10.C7H8.7C2H6/c1-11-6-5-9-13(10-11)12-7-3-2-4-8-12;1-11-7-9-13(10-8-11)12-5-3-2-4-6-12;1-3-7-11(8-4-1)12-9-5-2-6-10-12;1-7-5-3-2-4-6-7;7*1-2/h2*2-10H,1H3;1-10H;2-6H,1H3;7*1-2H3. The van der Waals surface area contributed by atoms with Crippen LogP contribution in [0.15, 0.2) is 200 Å². The topological polar surface area (TPSA) is 0 Å². The predicted molar refractivity (Wildman–Crippen MR) is 276 cm³/mol. The highest BCUT2D eigenvalue weighted by Gasteiger charge is 1.96. The zero-order chi connectivity index (χ0) is 45.5. The summed E-state index contributed by atoms with van der Waals surface area (Å²) in [4.78, 5) is 0. The van der Waals surface area contributed by atoms with Gasteiger partial charge in [0.2, 0.25) is 0 Å². The van der Waals surface area contributed by atoms with Crippen LogP contribution >= 0.6 is 0 Å². The molecule has 0 spiro atoms. The van der Waals surface area contributed by atoms with E-state index < -0.39 is 0 Å². The smallest absolute Gasteiger partial charge is 0.0181 e. The number of rotatable bonds is 3. The Bertz CT molecular complexity index is 1720. The van der Waals surface area contributed by atoms with E-state index in [9.17, 15) is 0 Å². The summed E-state index contributed by atoms with van der Waals surface area (Å²) in [6.07, 6.45) is 0. The van der Waals surface area contributed by atoms with E-state index in [0.717, 1.165) is 0 Å². The molecule has 0 heterocycles. The van der Waals surface area contributed by atoms with Crippen molar-refractivity contribution in [1.82, 2.24) is 0 Å². The molecule has 0 N–H and O–H groups in total. The van der Waals surface area contributed by atoms with Crippen LogP contribution in [-0.2, 0) is 0 Å². The Morgan fingerprint density at radius 3 is 0.627 bits per heavy atom. The minimum atomic E-state index is 1.28. The van der Waals surface area contributed by atoms with Crippen LogP contribution in [0.3, 0.4) is 0 Å². The summed E-state index contributed by atoms with van der Waals surface area (Å²) < 4.78 is 0. The van der Waals surface area contributed by atoms with Gasteiger partial charge >= 0.3 is 0 Å². The van der Waals surface area contributed by atoms with E-state index in [0.29, 0.717) is 0 Å². The lowest BCUT2D eigenvalue weighted by Crippen LogP contribution is -1.77. The van der Waals surface area contributed by atoms with E-state index in [1.165, 1.54) is 50.1 Å². The van der Waals surface area contributed by atoms with Crippen LogP contribution in [0.25, 0.3) is 33.4 Å². The Kier molecular flexibility index (Phi) is 47.9. The third-order valence-corrected chi connectivity index (χ3v) is 7.11. The first-order valence-corrected chi connectivity index (χ1v) is 22.4. The lowest BCUT2D eigenvalue weighted by atomic mass is 10.0. The molecule has 320 valence electrons. The van der Waals surface area contributed by atoms with E-state index >= 15 is 0 Å². The quantitative estimate of drug-likeness (QED) is 0.167. The molecule has 0 aliphatic carbocycles. The maximum absolute atomic E-state index is 2.20. The van der Waals surface area contributed by atoms with Crippen LogP contribution in [0, 0.1) is 20.8 Å². The third kappa shape index (κ3) is 30.3. The monoisotopic (exact) mass is 793 g/mol. The van der Waals surface area contributed by atoms with Crippen molar-refractivity contribution in [3.8, 4) is 33.4 Å². The van der Waals surface area contributed by atoms with Gasteiger partial charge in [0.1, 0.15) is 0 Å². The van der Waals surface area contributed by atoms with Gasteiger partial charge in [-0.3, -0.25) is 0 Å². The first-order valence-electron chi connectivity index (χ1n) is 22.4. The minimum absolute atomic E-state index is 1.28. The molecule has 7 aromatic rings. The largest absolute Gasteiger partial charge is 0.0683 e. The van der Waals surface area contributed by atoms with Gasteiger partial charge in [0.15, 0.2) is 0 Å². The van der Waals surface area contributed by atoms with E-state index in [1.54, 1.807) is 0 Å². The van der Waals surface area contributed by atoms with Gasteiger partial charge in [0, 0.05) is 0 Å². The Hall–Kier alpha value is -5.46. The van der Waals surface area contributed by atoms with Gasteiger partial charge in [-0.05, 0) is 54.2 Å². The molecule has 59 heavy (non-hydrogen) atoms. The van der Waals surface area contributed by atoms with Gasteiger partial charge in [0.25, 0.3) is 0 Å². The van der Waals surface area contributed by atoms with Crippen molar-refractivity contribution in [2.45, 2.75) is 118 Å². The zero-order valence-corrected chi connectivity index (χ0v) is 40.6. The Morgan fingerprint density at radius 2 is 0.373 bits per heavy atom. The summed E-state index contributed by atoms with van der Waals surface area (Å²) in [6.45, 7) is 34.3. The molecular weight excluding hydrogens is 709 g/mol. The van der Waals surface area contributed by atoms with Crippen LogP contribution in [0.5, 0.6) is 0 Å². The fourth-order valence-corrected chi connectivity index (χ4v) is 4.63. The van der Waals surface area contributed by atoms with Crippen LogP contribution in [0.2, 0.25) is 0 Å². The highest BCUT2D eigenvalue weighted by molar-refractivity contribution is 5.65. The van der Waals surface area contributed by atoms with E-state index in [4.69, 9.17) is 0 Å². The second kappa shape index (κ2) is 46.9. The molecule has 7 rings (SSSR count). The van der Waals surface area contributed by atoms with Crippen molar-refractivity contribution in [2.24, 2.45) is 0 Å². The summed E-state index contributed by atoms with van der Waals surface area (Å²) in [5, 5.41) is 0. The Morgan fingerprint density at radius 1 is 0.169 bits per heavy atom. The Labute approximate surface area is 366 Å². The summed E-state index contributed by atoms with van der Waals surface area (Å²) in [7, 11) is 0. The van der Waals surface area contributed by atoms with Crippen LogP contribution < -0.4 is 0 Å². The molecule has 0 heteroatoms. The maximum atomic E-state index is 2.20. The van der Waals surface area contributed by atoms with Gasteiger partial charge in [-0.2, -0.15) is 0 Å². The van der Waals surface area contributed by atoms with Crippen molar-refractivity contribution < 1.29 is 0 Å². The molecule has 7 aromatic carbocycles. The second-order valence-corrected chi connectivity index (χ2v) is 10.9. The van der Waals surface area contributed by atoms with Crippen molar-refractivity contribution in [2.75, 3.05) is 0 Å². The zero-order valence-electron chi connectivity index (χ0n) is 40.6. The first kappa shape index (κ1) is 60.2. The molecule has 0 aliphatic heterocycles. The highest BCUT2D eigenvalue weighted by Crippen LogP contribution is 2.20. The van der Waals surface area contributed by atoms with Gasteiger partial charge in [-0.15, -0.1) is 0 Å². The number of hydrogen-bond donors (Lipinski definition) is 0. The van der Waals surface area contributed by atoms with Crippen molar-refractivity contribution in [3.05, 3.63) is 217 Å². The van der Waals surface area contributed by atoms with E-state index in [2.05, 4.69) is 178 Å². The maximum Gasteiger partial charge on any atom is -0.0181 e. The summed E-state index contributed by atoms with van der Waals surface area (Å²) in [5.41, 5.74) is 11.6. The lowest BCUT2D eigenvalue weighted by Gasteiger charge is -2.01. The van der Waals surface area contributed by atoms with Crippen molar-refractivity contribution in [1.29, 1.82) is 0 Å². The molecule has 0 unspecified atom stereocenters. The number of aryl methyl sites for hydroxylation is 3. The molecule has 0 nitrogen and oxygen atoms in total. The number of benzene rings is 7. The molecule has 0 bridgehead atoms. The predicted octanol–water partition coefficient (Wildman–Crippen LogP) is 19.9.